The van der Waals surface area contributed by atoms with E-state index in [2.05, 4.69) is 5.32 Å². The number of nitrogens with one attached hydrogen (secondary N) is 1. The fourth-order valence-corrected chi connectivity index (χ4v) is 3.82. The van der Waals surface area contributed by atoms with Crippen LogP contribution in [0.2, 0.25) is 0 Å². The molecule has 2 aliphatic rings. The summed E-state index contributed by atoms with van der Waals surface area (Å²) < 4.78 is 0. The van der Waals surface area contributed by atoms with Crippen molar-refractivity contribution in [2.75, 3.05) is 12.4 Å². The van der Waals surface area contributed by atoms with Crippen LogP contribution in [0.4, 0.5) is 0 Å². The van der Waals surface area contributed by atoms with Gasteiger partial charge in [0.2, 0.25) is 5.91 Å². The Bertz CT molecular complexity index is 284. The Labute approximate surface area is 107 Å². The maximum Gasteiger partial charge on any atom is 0.237 e. The normalized spacial score (nSPS) is 32.9. The monoisotopic (exact) mass is 258 g/mol. The van der Waals surface area contributed by atoms with Gasteiger partial charge in [-0.05, 0) is 44.3 Å². The molecule has 0 heterocycles. The molecule has 0 radical (unpaired) electrons. The smallest absolute Gasteiger partial charge is 0.237 e. The molecule has 17 heavy (non-hydrogen) atoms. The second-order valence-corrected chi connectivity index (χ2v) is 6.59. The molecule has 2 atom stereocenters. The van der Waals surface area contributed by atoms with Crippen LogP contribution >= 0.6 is 11.8 Å². The summed E-state index contributed by atoms with van der Waals surface area (Å²) >= 11 is 1.87. The first-order chi connectivity index (χ1) is 8.16. The van der Waals surface area contributed by atoms with Crippen molar-refractivity contribution in [3.8, 4) is 0 Å². The third-order valence-corrected chi connectivity index (χ3v) is 5.05. The van der Waals surface area contributed by atoms with Crippen molar-refractivity contribution >= 4 is 17.7 Å². The average Bonchev–Trinajstić information content (AvgIpc) is 2.99. The molecule has 4 nitrogen and oxygen atoms in total. The van der Waals surface area contributed by atoms with Gasteiger partial charge in [-0.2, -0.15) is 11.8 Å². The number of carbonyl (C=O) groups excluding carboxylic acids is 1. The van der Waals surface area contributed by atoms with Crippen molar-refractivity contribution in [2.45, 2.75) is 55.4 Å². The van der Waals surface area contributed by atoms with Gasteiger partial charge in [-0.25, -0.2) is 0 Å². The summed E-state index contributed by atoms with van der Waals surface area (Å²) in [4.78, 5) is 11.7. The van der Waals surface area contributed by atoms with E-state index >= 15 is 0 Å². The lowest BCUT2D eigenvalue weighted by molar-refractivity contribution is -0.124. The number of nitrogens with two attached hydrogens (primary N) is 1. The van der Waals surface area contributed by atoms with Crippen molar-refractivity contribution in [2.24, 2.45) is 5.73 Å². The maximum atomic E-state index is 11.7. The maximum absolute atomic E-state index is 11.7. The Kier molecular flexibility index (Phi) is 4.33. The predicted octanol–water partition coefficient (Wildman–Crippen LogP) is 0.631. The van der Waals surface area contributed by atoms with Gasteiger partial charge in [0.25, 0.3) is 0 Å². The molecule has 0 bridgehead atoms. The molecule has 2 unspecified atom stereocenters. The standard InChI is InChI=1S/C12H22N2O2S/c13-11(16)12(14-9-2-3-9)5-4-10(8-12)17-7-1-6-15/h9-10,14-15H,1-8H2,(H2,13,16). The fraction of sp³-hybridized carbons (Fsp3) is 0.917. The average molecular weight is 258 g/mol. The molecule has 2 aliphatic carbocycles. The molecule has 0 aromatic heterocycles. The summed E-state index contributed by atoms with van der Waals surface area (Å²) in [6.45, 7) is 0.251. The van der Waals surface area contributed by atoms with Crippen molar-refractivity contribution < 1.29 is 9.90 Å². The van der Waals surface area contributed by atoms with E-state index in [1.807, 2.05) is 11.8 Å². The topological polar surface area (TPSA) is 75.4 Å². The zero-order valence-electron chi connectivity index (χ0n) is 10.2. The lowest BCUT2D eigenvalue weighted by Crippen LogP contribution is -2.54. The van der Waals surface area contributed by atoms with Crippen molar-refractivity contribution in [1.82, 2.24) is 5.32 Å². The summed E-state index contributed by atoms with van der Waals surface area (Å²) in [6.07, 6.45) is 5.97. The van der Waals surface area contributed by atoms with Crippen LogP contribution in [0.3, 0.4) is 0 Å². The van der Waals surface area contributed by atoms with Gasteiger partial charge in [0, 0.05) is 17.9 Å². The Hall–Kier alpha value is -0.260. The minimum Gasteiger partial charge on any atom is -0.396 e. The van der Waals surface area contributed by atoms with Gasteiger partial charge < -0.3 is 16.2 Å². The first-order valence-corrected chi connectivity index (χ1v) is 7.51. The van der Waals surface area contributed by atoms with Gasteiger partial charge in [0.15, 0.2) is 0 Å². The van der Waals surface area contributed by atoms with Crippen LogP contribution in [-0.4, -0.2) is 40.2 Å². The number of primary amides is 1. The van der Waals surface area contributed by atoms with Gasteiger partial charge in [0.1, 0.15) is 0 Å². The minimum absolute atomic E-state index is 0.186. The Balaban J connectivity index is 1.84. The van der Waals surface area contributed by atoms with Crippen LogP contribution in [0, 0.1) is 0 Å². The summed E-state index contributed by atoms with van der Waals surface area (Å²) in [7, 11) is 0. The minimum atomic E-state index is -0.446. The van der Waals surface area contributed by atoms with Crippen LogP contribution in [0.1, 0.15) is 38.5 Å². The van der Waals surface area contributed by atoms with Gasteiger partial charge in [-0.1, -0.05) is 0 Å². The third kappa shape index (κ3) is 3.36. The molecule has 2 saturated carbocycles. The molecule has 2 rings (SSSR count). The second kappa shape index (κ2) is 5.59. The van der Waals surface area contributed by atoms with Crippen LogP contribution in [0.5, 0.6) is 0 Å². The number of aliphatic hydroxyl groups excluding tert-OH is 1. The highest BCUT2D eigenvalue weighted by atomic mass is 32.2. The molecule has 0 spiro atoms. The molecule has 98 valence electrons. The molecule has 5 heteroatoms. The van der Waals surface area contributed by atoms with Crippen LogP contribution in [-0.2, 0) is 4.79 Å². The highest BCUT2D eigenvalue weighted by Gasteiger charge is 2.46. The first kappa shape index (κ1) is 13.2. The molecular weight excluding hydrogens is 236 g/mol. The first-order valence-electron chi connectivity index (χ1n) is 6.46. The Morgan fingerprint density at radius 1 is 1.47 bits per heavy atom. The predicted molar refractivity (Wildman–Crippen MR) is 69.9 cm³/mol. The number of hydrogen-bond donors (Lipinski definition) is 3. The molecule has 0 saturated heterocycles. The van der Waals surface area contributed by atoms with Crippen molar-refractivity contribution in [3.63, 3.8) is 0 Å². The zero-order valence-corrected chi connectivity index (χ0v) is 11.0. The lowest BCUT2D eigenvalue weighted by Gasteiger charge is -2.27. The van der Waals surface area contributed by atoms with Crippen LogP contribution < -0.4 is 11.1 Å². The highest BCUT2D eigenvalue weighted by Crippen LogP contribution is 2.39. The van der Waals surface area contributed by atoms with Gasteiger partial charge in [0.05, 0.1) is 5.54 Å². The number of amides is 1. The Morgan fingerprint density at radius 2 is 2.24 bits per heavy atom. The van der Waals surface area contributed by atoms with E-state index in [0.717, 1.165) is 31.4 Å². The van der Waals surface area contributed by atoms with Gasteiger partial charge in [-0.15, -0.1) is 0 Å². The number of aliphatic hydroxyl groups is 1. The molecule has 1 amide bonds. The molecule has 0 aromatic rings. The summed E-state index contributed by atoms with van der Waals surface area (Å²) in [5, 5.41) is 12.7. The van der Waals surface area contributed by atoms with E-state index in [1.165, 1.54) is 12.8 Å². The zero-order chi connectivity index (χ0) is 12.3. The fourth-order valence-electron chi connectivity index (χ4n) is 2.50. The van der Waals surface area contributed by atoms with E-state index < -0.39 is 5.54 Å². The van der Waals surface area contributed by atoms with Gasteiger partial charge in [-0.3, -0.25) is 4.79 Å². The van der Waals surface area contributed by atoms with E-state index in [-0.39, 0.29) is 12.5 Å². The second-order valence-electron chi connectivity index (χ2n) is 5.18. The number of thioether (sulfide) groups is 1. The number of carbonyl (C=O) groups is 1. The SMILES string of the molecule is NC(=O)C1(NC2CC2)CCC(SCCCO)C1. The largest absolute Gasteiger partial charge is 0.396 e. The highest BCUT2D eigenvalue weighted by molar-refractivity contribution is 7.99. The molecule has 2 fully saturated rings. The van der Waals surface area contributed by atoms with Crippen LogP contribution in [0.25, 0.3) is 0 Å². The molecular formula is C12H22N2O2S. The van der Waals surface area contributed by atoms with E-state index in [1.54, 1.807) is 0 Å². The Morgan fingerprint density at radius 3 is 2.82 bits per heavy atom. The molecule has 4 N–H and O–H groups in total. The van der Waals surface area contributed by atoms with Crippen LogP contribution in [0.15, 0.2) is 0 Å². The summed E-state index contributed by atoms with van der Waals surface area (Å²) in [5.74, 6) is 0.786. The van der Waals surface area contributed by atoms with Gasteiger partial charge >= 0.3 is 0 Å². The van der Waals surface area contributed by atoms with E-state index in [0.29, 0.717) is 11.3 Å². The quantitative estimate of drug-likeness (QED) is 0.586. The van der Waals surface area contributed by atoms with Crippen molar-refractivity contribution in [1.29, 1.82) is 0 Å². The number of rotatable bonds is 7. The summed E-state index contributed by atoms with van der Waals surface area (Å²) in [6, 6.07) is 0.517. The van der Waals surface area contributed by atoms with E-state index in [4.69, 9.17) is 10.8 Å². The lowest BCUT2D eigenvalue weighted by atomic mass is 9.96. The van der Waals surface area contributed by atoms with E-state index in [9.17, 15) is 4.79 Å². The van der Waals surface area contributed by atoms with Crippen molar-refractivity contribution in [3.05, 3.63) is 0 Å². The third-order valence-electron chi connectivity index (χ3n) is 3.65. The number of hydrogen-bond acceptors (Lipinski definition) is 4. The molecule has 0 aromatic carbocycles. The molecule has 0 aliphatic heterocycles. The summed E-state index contributed by atoms with van der Waals surface area (Å²) in [5.41, 5.74) is 5.13.